The zero-order valence-corrected chi connectivity index (χ0v) is 16.9. The van der Waals surface area contributed by atoms with E-state index in [0.717, 1.165) is 12.1 Å². The molecule has 3 aromatic rings. The smallest absolute Gasteiger partial charge is 0.273 e. The molecule has 29 heavy (non-hydrogen) atoms. The van der Waals surface area contributed by atoms with E-state index >= 15 is 0 Å². The fourth-order valence-electron chi connectivity index (χ4n) is 3.38. The summed E-state index contributed by atoms with van der Waals surface area (Å²) in [5, 5.41) is 2.87. The van der Waals surface area contributed by atoms with Crippen LogP contribution in [0.3, 0.4) is 0 Å². The first kappa shape index (κ1) is 19.3. The van der Waals surface area contributed by atoms with Crippen LogP contribution < -0.4 is 5.32 Å². The summed E-state index contributed by atoms with van der Waals surface area (Å²) in [5.74, 6) is 0.348. The van der Waals surface area contributed by atoms with Gasteiger partial charge < -0.3 is 9.73 Å². The molecule has 2 heterocycles. The number of carbonyl (C=O) groups excluding carboxylic acids is 1. The summed E-state index contributed by atoms with van der Waals surface area (Å²) in [6.07, 6.45) is 7.26. The summed E-state index contributed by atoms with van der Waals surface area (Å²) in [6, 6.07) is 10.9. The number of aryl methyl sites for hydroxylation is 2. The van der Waals surface area contributed by atoms with Gasteiger partial charge in [-0.15, -0.1) is 0 Å². The van der Waals surface area contributed by atoms with Crippen LogP contribution in [-0.4, -0.2) is 26.8 Å². The third-order valence-corrected chi connectivity index (χ3v) is 5.27. The number of pyridine rings is 1. The molecule has 0 radical (unpaired) electrons. The van der Waals surface area contributed by atoms with Crippen LogP contribution >= 0.6 is 0 Å². The molecular formula is C23H26N4O2. The maximum Gasteiger partial charge on any atom is 0.273 e. The maximum absolute atomic E-state index is 12.4. The van der Waals surface area contributed by atoms with Crippen LogP contribution in [0, 0.1) is 13.8 Å². The molecule has 1 fully saturated rings. The average Bonchev–Trinajstić information content (AvgIpc) is 3.48. The summed E-state index contributed by atoms with van der Waals surface area (Å²) < 4.78 is 5.61. The highest BCUT2D eigenvalue weighted by atomic mass is 16.3. The van der Waals surface area contributed by atoms with Crippen LogP contribution in [-0.2, 0) is 19.6 Å². The molecule has 6 heteroatoms. The van der Waals surface area contributed by atoms with E-state index in [1.54, 1.807) is 12.4 Å². The van der Waals surface area contributed by atoms with E-state index in [-0.39, 0.29) is 5.91 Å². The lowest BCUT2D eigenvalue weighted by Gasteiger charge is -2.21. The molecule has 1 N–H and O–H groups in total. The van der Waals surface area contributed by atoms with Gasteiger partial charge in [0.2, 0.25) is 5.89 Å². The zero-order valence-electron chi connectivity index (χ0n) is 16.9. The quantitative estimate of drug-likeness (QED) is 0.634. The molecule has 0 unspecified atom stereocenters. The Kier molecular flexibility index (Phi) is 5.71. The fraction of sp³-hybridized carbons (Fsp3) is 0.348. The number of hydrogen-bond acceptors (Lipinski definition) is 5. The van der Waals surface area contributed by atoms with Crippen molar-refractivity contribution in [2.24, 2.45) is 0 Å². The zero-order chi connectivity index (χ0) is 20.2. The summed E-state index contributed by atoms with van der Waals surface area (Å²) >= 11 is 0. The number of nitrogens with one attached hydrogen (secondary N) is 1. The van der Waals surface area contributed by atoms with Crippen molar-refractivity contribution in [2.45, 2.75) is 52.4 Å². The van der Waals surface area contributed by atoms with Gasteiger partial charge in [-0.2, -0.15) is 0 Å². The third-order valence-electron chi connectivity index (χ3n) is 5.27. The number of hydrogen-bond donors (Lipinski definition) is 1. The largest absolute Gasteiger partial charge is 0.447 e. The standard InChI is InChI=1S/C23H26N4O2/c1-16-3-4-17(2)19(11-16)13-27(20-5-6-20)14-22-26-21(15-29-22)23(28)25-12-18-7-9-24-10-8-18/h3-4,7-11,15,20H,5-6,12-14H2,1-2H3,(H,25,28). The molecule has 1 saturated carbocycles. The lowest BCUT2D eigenvalue weighted by atomic mass is 10.1. The molecular weight excluding hydrogens is 364 g/mol. The molecule has 0 atom stereocenters. The molecule has 0 spiro atoms. The van der Waals surface area contributed by atoms with E-state index in [0.29, 0.717) is 30.7 Å². The first-order valence-corrected chi connectivity index (χ1v) is 10.00. The number of nitrogens with zero attached hydrogens (tertiary/aromatic N) is 3. The van der Waals surface area contributed by atoms with E-state index in [9.17, 15) is 4.79 Å². The summed E-state index contributed by atoms with van der Waals surface area (Å²) in [6.45, 7) is 6.18. The van der Waals surface area contributed by atoms with Crippen molar-refractivity contribution in [3.8, 4) is 0 Å². The third kappa shape index (κ3) is 5.09. The predicted molar refractivity (Wildman–Crippen MR) is 110 cm³/mol. The van der Waals surface area contributed by atoms with Crippen LogP contribution in [0.4, 0.5) is 0 Å². The number of carbonyl (C=O) groups is 1. The first-order chi connectivity index (χ1) is 14.1. The normalized spacial score (nSPS) is 13.6. The SMILES string of the molecule is Cc1ccc(C)c(CN(Cc2nc(C(=O)NCc3ccncc3)co2)C2CC2)c1. The molecule has 1 amide bonds. The Morgan fingerprint density at radius 3 is 2.72 bits per heavy atom. The molecule has 1 aliphatic rings. The van der Waals surface area contributed by atoms with Crippen molar-refractivity contribution >= 4 is 5.91 Å². The molecule has 1 aromatic carbocycles. The minimum absolute atomic E-state index is 0.232. The van der Waals surface area contributed by atoms with Crippen molar-refractivity contribution in [2.75, 3.05) is 0 Å². The van der Waals surface area contributed by atoms with E-state index in [1.807, 2.05) is 12.1 Å². The second kappa shape index (κ2) is 8.57. The second-order valence-corrected chi connectivity index (χ2v) is 7.73. The Morgan fingerprint density at radius 2 is 1.97 bits per heavy atom. The Bertz CT molecular complexity index is 980. The Morgan fingerprint density at radius 1 is 1.17 bits per heavy atom. The van der Waals surface area contributed by atoms with Gasteiger partial charge in [0.05, 0.1) is 6.54 Å². The molecule has 6 nitrogen and oxygen atoms in total. The van der Waals surface area contributed by atoms with Crippen LogP contribution in [0.2, 0.25) is 0 Å². The van der Waals surface area contributed by atoms with Crippen molar-refractivity contribution in [3.05, 3.63) is 82.8 Å². The topological polar surface area (TPSA) is 71.3 Å². The molecule has 0 aliphatic heterocycles. The molecule has 1 aliphatic carbocycles. The van der Waals surface area contributed by atoms with Crippen LogP contribution in [0.25, 0.3) is 0 Å². The highest BCUT2D eigenvalue weighted by Crippen LogP contribution is 2.30. The first-order valence-electron chi connectivity index (χ1n) is 10.00. The van der Waals surface area contributed by atoms with Gasteiger partial charge in [-0.3, -0.25) is 14.7 Å². The molecule has 4 rings (SSSR count). The number of benzene rings is 1. The Balaban J connectivity index is 1.39. The van der Waals surface area contributed by atoms with Gasteiger partial charge >= 0.3 is 0 Å². The lowest BCUT2D eigenvalue weighted by Crippen LogP contribution is -2.26. The lowest BCUT2D eigenvalue weighted by molar-refractivity contribution is 0.0945. The molecule has 150 valence electrons. The van der Waals surface area contributed by atoms with Crippen molar-refractivity contribution in [1.82, 2.24) is 20.2 Å². The molecule has 2 aromatic heterocycles. The second-order valence-electron chi connectivity index (χ2n) is 7.73. The van der Waals surface area contributed by atoms with Crippen LogP contribution in [0.15, 0.2) is 53.4 Å². The van der Waals surface area contributed by atoms with Crippen LogP contribution in [0.1, 0.15) is 51.5 Å². The van der Waals surface area contributed by atoms with E-state index in [4.69, 9.17) is 4.42 Å². The van der Waals surface area contributed by atoms with Crippen molar-refractivity contribution < 1.29 is 9.21 Å². The van der Waals surface area contributed by atoms with Crippen molar-refractivity contribution in [1.29, 1.82) is 0 Å². The Hall–Kier alpha value is -2.99. The highest BCUT2D eigenvalue weighted by Gasteiger charge is 2.30. The average molecular weight is 390 g/mol. The minimum Gasteiger partial charge on any atom is -0.447 e. The monoisotopic (exact) mass is 390 g/mol. The van der Waals surface area contributed by atoms with Gasteiger partial charge in [0.1, 0.15) is 6.26 Å². The highest BCUT2D eigenvalue weighted by molar-refractivity contribution is 5.91. The predicted octanol–water partition coefficient (Wildman–Crippen LogP) is 3.78. The van der Waals surface area contributed by atoms with Crippen LogP contribution in [0.5, 0.6) is 0 Å². The van der Waals surface area contributed by atoms with Gasteiger partial charge in [0.15, 0.2) is 5.69 Å². The number of amides is 1. The van der Waals surface area contributed by atoms with E-state index < -0.39 is 0 Å². The molecule has 0 bridgehead atoms. The van der Waals surface area contributed by atoms with E-state index in [2.05, 4.69) is 52.2 Å². The summed E-state index contributed by atoms with van der Waals surface area (Å²) in [5.41, 5.74) is 5.20. The van der Waals surface area contributed by atoms with Gasteiger partial charge in [-0.1, -0.05) is 23.8 Å². The van der Waals surface area contributed by atoms with Gasteiger partial charge in [0, 0.05) is 31.5 Å². The summed E-state index contributed by atoms with van der Waals surface area (Å²) in [4.78, 5) is 23.2. The summed E-state index contributed by atoms with van der Waals surface area (Å²) in [7, 11) is 0. The van der Waals surface area contributed by atoms with Gasteiger partial charge in [-0.25, -0.2) is 4.98 Å². The fourth-order valence-corrected chi connectivity index (χ4v) is 3.38. The van der Waals surface area contributed by atoms with Gasteiger partial charge in [-0.05, 0) is 55.5 Å². The maximum atomic E-state index is 12.4. The Labute approximate surface area is 171 Å². The van der Waals surface area contributed by atoms with Gasteiger partial charge in [0.25, 0.3) is 5.91 Å². The molecule has 0 saturated heterocycles. The number of rotatable bonds is 8. The van der Waals surface area contributed by atoms with Crippen molar-refractivity contribution in [3.63, 3.8) is 0 Å². The number of aromatic nitrogens is 2. The minimum atomic E-state index is -0.232. The number of oxazole rings is 1. The van der Waals surface area contributed by atoms with E-state index in [1.165, 1.54) is 35.8 Å².